The minimum Gasteiger partial charge on any atom is -0.387 e. The molecule has 1 aromatic carbocycles. The maximum Gasteiger partial charge on any atom is 0.217 e. The molecule has 26 heavy (non-hydrogen) atoms. The molecule has 6 heteroatoms. The first-order chi connectivity index (χ1) is 12.0. The van der Waals surface area contributed by atoms with Gasteiger partial charge in [0.2, 0.25) is 5.91 Å². The minimum absolute atomic E-state index is 0. The number of carbonyl (C=O) groups is 1. The number of halogens is 2. The summed E-state index contributed by atoms with van der Waals surface area (Å²) in [5, 5.41) is 17.1. The molecule has 1 heterocycles. The van der Waals surface area contributed by atoms with Crippen LogP contribution in [0.25, 0.3) is 0 Å². The number of aliphatic hydroxyl groups excluding tert-OH is 1. The van der Waals surface area contributed by atoms with Gasteiger partial charge in [-0.1, -0.05) is 12.1 Å². The van der Waals surface area contributed by atoms with Gasteiger partial charge in [0.15, 0.2) is 0 Å². The Bertz CT molecular complexity index is 593. The zero-order chi connectivity index (χ0) is 17.8. The molecule has 3 rings (SSSR count). The van der Waals surface area contributed by atoms with Crippen LogP contribution in [0.2, 0.25) is 0 Å². The summed E-state index contributed by atoms with van der Waals surface area (Å²) in [6.07, 6.45) is 6.88. The van der Waals surface area contributed by atoms with Gasteiger partial charge in [0.25, 0.3) is 0 Å². The fourth-order valence-electron chi connectivity index (χ4n) is 4.44. The Morgan fingerprint density at radius 1 is 1.27 bits per heavy atom. The van der Waals surface area contributed by atoms with Crippen molar-refractivity contribution in [2.75, 3.05) is 0 Å². The van der Waals surface area contributed by atoms with E-state index < -0.39 is 6.10 Å². The molecule has 3 N–H and O–H groups in total. The third-order valence-corrected chi connectivity index (χ3v) is 5.72. The summed E-state index contributed by atoms with van der Waals surface area (Å²) in [5.41, 5.74) is 0.647. The van der Waals surface area contributed by atoms with Crippen molar-refractivity contribution in [1.29, 1.82) is 0 Å². The second-order valence-corrected chi connectivity index (χ2v) is 7.70. The summed E-state index contributed by atoms with van der Waals surface area (Å²) < 4.78 is 13.4. The smallest absolute Gasteiger partial charge is 0.217 e. The standard InChI is InChI=1S/C20H29FN2O2.ClH/c1-13(24)22-17-7-5-14(6-8-17)11-18-9-10-19(23-18)20(25)15-3-2-4-16(21)12-15;/h2-4,12,14,17-20,23,25H,5-11H2,1H3,(H,22,24);1H/t14?,17?,18-,19+,20-;/m0./s1. The molecule has 0 spiro atoms. The Labute approximate surface area is 161 Å². The van der Waals surface area contributed by atoms with Crippen LogP contribution < -0.4 is 10.6 Å². The largest absolute Gasteiger partial charge is 0.387 e. The van der Waals surface area contributed by atoms with Crippen molar-refractivity contribution in [2.24, 2.45) is 5.92 Å². The van der Waals surface area contributed by atoms with E-state index in [1.807, 2.05) is 0 Å². The average molecular weight is 385 g/mol. The van der Waals surface area contributed by atoms with Gasteiger partial charge in [-0.15, -0.1) is 12.4 Å². The molecule has 0 aromatic heterocycles. The van der Waals surface area contributed by atoms with E-state index in [0.29, 0.717) is 23.6 Å². The van der Waals surface area contributed by atoms with Gasteiger partial charge in [0.1, 0.15) is 5.82 Å². The lowest BCUT2D eigenvalue weighted by molar-refractivity contribution is -0.119. The van der Waals surface area contributed by atoms with E-state index >= 15 is 0 Å². The average Bonchev–Trinajstić information content (AvgIpc) is 3.04. The molecule has 0 radical (unpaired) electrons. The first-order valence-electron chi connectivity index (χ1n) is 9.48. The Morgan fingerprint density at radius 3 is 2.65 bits per heavy atom. The lowest BCUT2D eigenvalue weighted by Gasteiger charge is -2.30. The quantitative estimate of drug-likeness (QED) is 0.728. The van der Waals surface area contributed by atoms with Crippen molar-refractivity contribution in [3.8, 4) is 0 Å². The monoisotopic (exact) mass is 384 g/mol. The predicted octanol–water partition coefficient (Wildman–Crippen LogP) is 3.49. The minimum atomic E-state index is -0.656. The molecule has 2 fully saturated rings. The number of aliphatic hydroxyl groups is 1. The van der Waals surface area contributed by atoms with Gasteiger partial charge >= 0.3 is 0 Å². The summed E-state index contributed by atoms with van der Waals surface area (Å²) in [6, 6.07) is 7.02. The molecule has 1 aromatic rings. The van der Waals surface area contributed by atoms with Crippen LogP contribution in [0.4, 0.5) is 4.39 Å². The lowest BCUT2D eigenvalue weighted by Crippen LogP contribution is -2.38. The summed E-state index contributed by atoms with van der Waals surface area (Å²) in [7, 11) is 0. The van der Waals surface area contributed by atoms with Crippen molar-refractivity contribution < 1.29 is 14.3 Å². The van der Waals surface area contributed by atoms with Crippen LogP contribution >= 0.6 is 12.4 Å². The molecule has 2 aliphatic rings. The van der Waals surface area contributed by atoms with E-state index in [9.17, 15) is 14.3 Å². The van der Waals surface area contributed by atoms with Gasteiger partial charge in [0.05, 0.1) is 6.10 Å². The van der Waals surface area contributed by atoms with E-state index in [-0.39, 0.29) is 30.2 Å². The molecule has 1 amide bonds. The number of benzene rings is 1. The highest BCUT2D eigenvalue weighted by molar-refractivity contribution is 5.85. The molecule has 0 bridgehead atoms. The Kier molecular flexibility index (Phi) is 7.86. The zero-order valence-electron chi connectivity index (χ0n) is 15.3. The first-order valence-corrected chi connectivity index (χ1v) is 9.48. The molecule has 1 saturated carbocycles. The topological polar surface area (TPSA) is 61.4 Å². The van der Waals surface area contributed by atoms with E-state index in [2.05, 4.69) is 10.6 Å². The molecule has 1 aliphatic heterocycles. The Balaban J connectivity index is 0.00000243. The second kappa shape index (κ2) is 9.67. The van der Waals surface area contributed by atoms with E-state index in [0.717, 1.165) is 44.9 Å². The normalized spacial score (nSPS) is 29.7. The number of carbonyl (C=O) groups excluding carboxylic acids is 1. The van der Waals surface area contributed by atoms with Crippen molar-refractivity contribution in [2.45, 2.75) is 76.1 Å². The summed E-state index contributed by atoms with van der Waals surface area (Å²) in [5.74, 6) is 0.449. The van der Waals surface area contributed by atoms with E-state index in [1.165, 1.54) is 12.1 Å². The van der Waals surface area contributed by atoms with E-state index in [1.54, 1.807) is 19.1 Å². The van der Waals surface area contributed by atoms with Crippen LogP contribution in [-0.2, 0) is 4.79 Å². The summed E-state index contributed by atoms with van der Waals surface area (Å²) >= 11 is 0. The van der Waals surface area contributed by atoms with Crippen LogP contribution in [0.15, 0.2) is 24.3 Å². The SMILES string of the molecule is CC(=O)NC1CCC(C[C@@H]2CC[C@H]([C@@H](O)c3cccc(F)c3)N2)CC1.Cl. The number of hydrogen-bond donors (Lipinski definition) is 3. The molecule has 4 nitrogen and oxygen atoms in total. The molecule has 1 saturated heterocycles. The molecule has 146 valence electrons. The maximum atomic E-state index is 13.4. The molecular weight excluding hydrogens is 355 g/mol. The van der Waals surface area contributed by atoms with Crippen LogP contribution in [-0.4, -0.2) is 29.1 Å². The summed E-state index contributed by atoms with van der Waals surface area (Å²) in [4.78, 5) is 11.1. The third kappa shape index (κ3) is 5.66. The Hall–Kier alpha value is -1.17. The van der Waals surface area contributed by atoms with Crippen molar-refractivity contribution >= 4 is 18.3 Å². The van der Waals surface area contributed by atoms with Crippen molar-refractivity contribution in [3.05, 3.63) is 35.6 Å². The van der Waals surface area contributed by atoms with Gasteiger partial charge in [-0.25, -0.2) is 4.39 Å². The number of nitrogens with one attached hydrogen (secondary N) is 2. The highest BCUT2D eigenvalue weighted by Gasteiger charge is 2.32. The zero-order valence-corrected chi connectivity index (χ0v) is 16.1. The summed E-state index contributed by atoms with van der Waals surface area (Å²) in [6.45, 7) is 1.58. The second-order valence-electron chi connectivity index (χ2n) is 7.70. The fraction of sp³-hybridized carbons (Fsp3) is 0.650. The first kappa shape index (κ1) is 21.1. The van der Waals surface area contributed by atoms with Crippen LogP contribution in [0, 0.1) is 11.7 Å². The van der Waals surface area contributed by atoms with Crippen molar-refractivity contribution in [3.63, 3.8) is 0 Å². The van der Waals surface area contributed by atoms with Crippen LogP contribution in [0.5, 0.6) is 0 Å². The molecular formula is C20H30ClFN2O2. The van der Waals surface area contributed by atoms with Crippen LogP contribution in [0.1, 0.15) is 63.5 Å². The van der Waals surface area contributed by atoms with Gasteiger partial charge < -0.3 is 15.7 Å². The van der Waals surface area contributed by atoms with Gasteiger partial charge in [-0.3, -0.25) is 4.79 Å². The van der Waals surface area contributed by atoms with Gasteiger partial charge in [-0.2, -0.15) is 0 Å². The molecule has 3 atom stereocenters. The third-order valence-electron chi connectivity index (χ3n) is 5.72. The predicted molar refractivity (Wildman–Crippen MR) is 103 cm³/mol. The van der Waals surface area contributed by atoms with Gasteiger partial charge in [0, 0.05) is 25.0 Å². The highest BCUT2D eigenvalue weighted by Crippen LogP contribution is 2.32. The molecule has 0 unspecified atom stereocenters. The number of amides is 1. The van der Waals surface area contributed by atoms with Crippen molar-refractivity contribution in [1.82, 2.24) is 10.6 Å². The fourth-order valence-corrected chi connectivity index (χ4v) is 4.44. The molecule has 1 aliphatic carbocycles. The maximum absolute atomic E-state index is 13.4. The van der Waals surface area contributed by atoms with Gasteiger partial charge in [-0.05, 0) is 68.6 Å². The lowest BCUT2D eigenvalue weighted by atomic mass is 9.82. The number of hydrogen-bond acceptors (Lipinski definition) is 3. The Morgan fingerprint density at radius 2 is 2.00 bits per heavy atom. The van der Waals surface area contributed by atoms with E-state index in [4.69, 9.17) is 0 Å². The van der Waals surface area contributed by atoms with Crippen LogP contribution in [0.3, 0.4) is 0 Å². The highest BCUT2D eigenvalue weighted by atomic mass is 35.5. The number of rotatable bonds is 5.